The number of aromatic hydroxyl groups is 1. The van der Waals surface area contributed by atoms with Crippen molar-refractivity contribution in [1.82, 2.24) is 9.97 Å². The van der Waals surface area contributed by atoms with Crippen LogP contribution in [-0.4, -0.2) is 21.0 Å². The molecule has 1 amide bonds. The molecule has 2 aromatic carbocycles. The lowest BCUT2D eigenvalue weighted by Gasteiger charge is -2.11. The zero-order chi connectivity index (χ0) is 17.1. The quantitative estimate of drug-likeness (QED) is 0.622. The van der Waals surface area contributed by atoms with Crippen molar-refractivity contribution in [3.63, 3.8) is 0 Å². The molecule has 0 bridgehead atoms. The number of carbonyl (C=O) groups is 1. The van der Waals surface area contributed by atoms with Crippen LogP contribution in [-0.2, 0) is 4.79 Å². The Morgan fingerprint density at radius 3 is 2.71 bits per heavy atom. The topological polar surface area (TPSA) is 87.1 Å². The highest BCUT2D eigenvalue weighted by molar-refractivity contribution is 6.32. The van der Waals surface area contributed by atoms with Gasteiger partial charge < -0.3 is 15.7 Å². The first-order valence-electron chi connectivity index (χ1n) is 7.37. The van der Waals surface area contributed by atoms with Crippen LogP contribution in [0.5, 0.6) is 5.75 Å². The molecule has 0 unspecified atom stereocenters. The van der Waals surface area contributed by atoms with E-state index in [9.17, 15) is 9.90 Å². The second kappa shape index (κ2) is 6.72. The maximum Gasteiger partial charge on any atom is 0.224 e. The zero-order valence-electron chi connectivity index (χ0n) is 12.9. The van der Waals surface area contributed by atoms with Crippen LogP contribution in [0.25, 0.3) is 10.9 Å². The maximum atomic E-state index is 11.6. The van der Waals surface area contributed by atoms with E-state index in [0.29, 0.717) is 23.6 Å². The average molecular weight is 343 g/mol. The summed E-state index contributed by atoms with van der Waals surface area (Å²) in [7, 11) is 0. The van der Waals surface area contributed by atoms with E-state index >= 15 is 0 Å². The molecule has 24 heavy (non-hydrogen) atoms. The normalized spacial score (nSPS) is 10.6. The Balaban J connectivity index is 1.98. The summed E-state index contributed by atoms with van der Waals surface area (Å²) in [4.78, 5) is 20.0. The maximum absolute atomic E-state index is 11.6. The smallest absolute Gasteiger partial charge is 0.224 e. The van der Waals surface area contributed by atoms with Crippen molar-refractivity contribution in [2.24, 2.45) is 0 Å². The number of phenolic OH excluding ortho intramolecular Hbond substituents is 1. The first-order valence-corrected chi connectivity index (χ1v) is 7.75. The van der Waals surface area contributed by atoms with Gasteiger partial charge in [0.25, 0.3) is 0 Å². The van der Waals surface area contributed by atoms with E-state index in [0.717, 1.165) is 10.9 Å². The van der Waals surface area contributed by atoms with Gasteiger partial charge in [0, 0.05) is 23.2 Å². The Morgan fingerprint density at radius 1 is 1.17 bits per heavy atom. The van der Waals surface area contributed by atoms with Gasteiger partial charge in [-0.3, -0.25) is 4.79 Å². The molecule has 0 saturated heterocycles. The molecule has 1 heterocycles. The molecule has 1 aromatic heterocycles. The van der Waals surface area contributed by atoms with Gasteiger partial charge in [-0.2, -0.15) is 0 Å². The Bertz CT molecular complexity index is 914. The van der Waals surface area contributed by atoms with Crippen LogP contribution >= 0.6 is 11.6 Å². The number of hydrogen-bond donors (Lipinski definition) is 3. The van der Waals surface area contributed by atoms with Crippen molar-refractivity contribution in [3.05, 3.63) is 47.7 Å². The number of carbonyl (C=O) groups excluding carboxylic acids is 1. The van der Waals surface area contributed by atoms with Gasteiger partial charge in [-0.1, -0.05) is 18.5 Å². The third-order valence-electron chi connectivity index (χ3n) is 3.45. The standard InChI is InChI=1S/C17H15ClN4O2/c1-2-16(24)21-10-3-5-14-12(7-10)17(20-9-19-14)22-11-4-6-15(23)13(18)8-11/h3-9,23H,2H2,1H3,(H,21,24)(H,19,20,22). The van der Waals surface area contributed by atoms with Crippen molar-refractivity contribution in [2.75, 3.05) is 10.6 Å². The fraction of sp³-hybridized carbons (Fsp3) is 0.118. The van der Waals surface area contributed by atoms with Crippen molar-refractivity contribution in [3.8, 4) is 5.75 Å². The molecule has 3 N–H and O–H groups in total. The molecule has 0 aliphatic carbocycles. The largest absolute Gasteiger partial charge is 0.506 e. The van der Waals surface area contributed by atoms with E-state index in [1.807, 2.05) is 12.1 Å². The summed E-state index contributed by atoms with van der Waals surface area (Å²) >= 11 is 5.93. The second-order valence-corrected chi connectivity index (χ2v) is 5.55. The number of fused-ring (bicyclic) bond motifs is 1. The molecular weight excluding hydrogens is 328 g/mol. The highest BCUT2D eigenvalue weighted by Gasteiger charge is 2.08. The van der Waals surface area contributed by atoms with Gasteiger partial charge in [0.15, 0.2) is 0 Å². The highest BCUT2D eigenvalue weighted by Crippen LogP contribution is 2.30. The number of nitrogens with zero attached hydrogens (tertiary/aromatic N) is 2. The van der Waals surface area contributed by atoms with E-state index in [1.165, 1.54) is 12.4 Å². The van der Waals surface area contributed by atoms with Crippen LogP contribution in [0.2, 0.25) is 5.02 Å². The molecule has 6 nitrogen and oxygen atoms in total. The van der Waals surface area contributed by atoms with Gasteiger partial charge in [0.1, 0.15) is 17.9 Å². The average Bonchev–Trinajstić information content (AvgIpc) is 2.58. The third-order valence-corrected chi connectivity index (χ3v) is 3.75. The van der Waals surface area contributed by atoms with Crippen molar-refractivity contribution in [1.29, 1.82) is 0 Å². The van der Waals surface area contributed by atoms with E-state index in [1.54, 1.807) is 25.1 Å². The number of halogens is 1. The van der Waals surface area contributed by atoms with Gasteiger partial charge in [-0.05, 0) is 36.4 Å². The molecule has 0 atom stereocenters. The molecule has 0 aliphatic heterocycles. The van der Waals surface area contributed by atoms with Crippen LogP contribution < -0.4 is 10.6 Å². The Labute approximate surface area is 143 Å². The number of hydrogen-bond acceptors (Lipinski definition) is 5. The fourth-order valence-electron chi connectivity index (χ4n) is 2.20. The number of nitrogens with one attached hydrogen (secondary N) is 2. The van der Waals surface area contributed by atoms with E-state index in [2.05, 4.69) is 20.6 Å². The molecule has 0 fully saturated rings. The predicted octanol–water partition coefficient (Wildman–Crippen LogP) is 4.08. The molecule has 7 heteroatoms. The zero-order valence-corrected chi connectivity index (χ0v) is 13.6. The van der Waals surface area contributed by atoms with Gasteiger partial charge in [-0.25, -0.2) is 9.97 Å². The summed E-state index contributed by atoms with van der Waals surface area (Å²) < 4.78 is 0. The summed E-state index contributed by atoms with van der Waals surface area (Å²) in [5.41, 5.74) is 2.10. The number of phenols is 1. The third kappa shape index (κ3) is 3.38. The van der Waals surface area contributed by atoms with E-state index in [4.69, 9.17) is 11.6 Å². The summed E-state index contributed by atoms with van der Waals surface area (Å²) in [5, 5.41) is 16.5. The van der Waals surface area contributed by atoms with Crippen LogP contribution in [0.3, 0.4) is 0 Å². The fourth-order valence-corrected chi connectivity index (χ4v) is 2.39. The van der Waals surface area contributed by atoms with E-state index in [-0.39, 0.29) is 16.7 Å². The summed E-state index contributed by atoms with van der Waals surface area (Å²) in [6, 6.07) is 10.2. The molecule has 0 aliphatic rings. The van der Waals surface area contributed by atoms with Crippen LogP contribution in [0, 0.1) is 0 Å². The molecule has 0 spiro atoms. The van der Waals surface area contributed by atoms with Crippen molar-refractivity contribution < 1.29 is 9.90 Å². The number of rotatable bonds is 4. The van der Waals surface area contributed by atoms with Gasteiger partial charge in [0.05, 0.1) is 10.5 Å². The Morgan fingerprint density at radius 2 is 1.96 bits per heavy atom. The number of aromatic nitrogens is 2. The molecule has 3 rings (SSSR count). The van der Waals surface area contributed by atoms with Gasteiger partial charge in [0.2, 0.25) is 5.91 Å². The first kappa shape index (κ1) is 16.0. The minimum atomic E-state index is -0.0639. The van der Waals surface area contributed by atoms with Crippen LogP contribution in [0.4, 0.5) is 17.2 Å². The minimum Gasteiger partial charge on any atom is -0.506 e. The Hall–Kier alpha value is -2.86. The van der Waals surface area contributed by atoms with Crippen molar-refractivity contribution >= 4 is 45.6 Å². The number of benzene rings is 2. The molecule has 122 valence electrons. The second-order valence-electron chi connectivity index (χ2n) is 5.15. The summed E-state index contributed by atoms with van der Waals surface area (Å²) in [6.45, 7) is 1.79. The summed E-state index contributed by atoms with van der Waals surface area (Å²) in [6.07, 6.45) is 1.86. The Kier molecular flexibility index (Phi) is 4.48. The van der Waals surface area contributed by atoms with Crippen molar-refractivity contribution in [2.45, 2.75) is 13.3 Å². The first-order chi connectivity index (χ1) is 11.6. The van der Waals surface area contributed by atoms with Crippen LogP contribution in [0.15, 0.2) is 42.7 Å². The monoisotopic (exact) mass is 342 g/mol. The lowest BCUT2D eigenvalue weighted by molar-refractivity contribution is -0.115. The van der Waals surface area contributed by atoms with E-state index < -0.39 is 0 Å². The highest BCUT2D eigenvalue weighted by atomic mass is 35.5. The minimum absolute atomic E-state index is 0.0133. The van der Waals surface area contributed by atoms with Crippen LogP contribution in [0.1, 0.15) is 13.3 Å². The molecular formula is C17H15ClN4O2. The lowest BCUT2D eigenvalue weighted by atomic mass is 10.2. The summed E-state index contributed by atoms with van der Waals surface area (Å²) in [5.74, 6) is 0.528. The molecule has 0 radical (unpaired) electrons. The SMILES string of the molecule is CCC(=O)Nc1ccc2ncnc(Nc3ccc(O)c(Cl)c3)c2c1. The lowest BCUT2D eigenvalue weighted by Crippen LogP contribution is -2.09. The number of anilines is 3. The van der Waals surface area contributed by atoms with Gasteiger partial charge >= 0.3 is 0 Å². The number of amides is 1. The molecule has 3 aromatic rings. The van der Waals surface area contributed by atoms with Gasteiger partial charge in [-0.15, -0.1) is 0 Å². The predicted molar refractivity (Wildman–Crippen MR) is 94.9 cm³/mol. The molecule has 0 saturated carbocycles.